The predicted molar refractivity (Wildman–Crippen MR) is 41.1 cm³/mol. The van der Waals surface area contributed by atoms with Crippen LogP contribution in [0.5, 0.6) is 0 Å². The smallest absolute Gasteiger partial charge is 0.412 e. The minimum absolute atomic E-state index is 0. The minimum Gasteiger partial charge on any atom is -0.412 e. The maximum absolute atomic E-state index is 10.3. The van der Waals surface area contributed by atoms with Crippen LogP contribution in [0.1, 0.15) is 0 Å². The molecule has 12 heteroatoms. The van der Waals surface area contributed by atoms with E-state index in [9.17, 15) is 4.91 Å². The van der Waals surface area contributed by atoms with Gasteiger partial charge in [-0.3, -0.25) is 0 Å². The Labute approximate surface area is 140 Å². The summed E-state index contributed by atoms with van der Waals surface area (Å²) in [5.41, 5.74) is 0. The van der Waals surface area contributed by atoms with Crippen molar-refractivity contribution < 1.29 is 81.0 Å². The molecule has 0 unspecified atom stereocenters. The third-order valence-corrected chi connectivity index (χ3v) is 4.65. The zero-order valence-electron chi connectivity index (χ0n) is 8.95. The third-order valence-electron chi connectivity index (χ3n) is 1.13. The van der Waals surface area contributed by atoms with Gasteiger partial charge in [0.1, 0.15) is 0 Å². The largest absolute Gasteiger partial charge is 1.00 e. The molecule has 0 aromatic carbocycles. The standard InChI is InChI=1S/5CN.Fe.NO.2Na.2H2O/c5*1-2;;1-2;;;;/h;;;;;;;;;2*1H2/q;;;;;2*-1;2*+1;;. The van der Waals surface area contributed by atoms with Crippen LogP contribution in [0.15, 0.2) is 4.19 Å². The molecule has 0 spiro atoms. The monoisotopic (exact) mass is 298 g/mol. The fraction of sp³-hybridized carbons (Fsp3) is 0. The number of nitriles is 5. The predicted octanol–water partition coefficient (Wildman–Crippen LogP) is -7.34. The first-order valence-corrected chi connectivity index (χ1v) is 5.60. The van der Waals surface area contributed by atoms with Crippen molar-refractivity contribution in [2.75, 3.05) is 0 Å². The Bertz CT molecular complexity index is 408. The van der Waals surface area contributed by atoms with Crippen LogP contribution in [-0.2, 0) is 11.0 Å². The van der Waals surface area contributed by atoms with Crippen molar-refractivity contribution >= 4 is 0 Å². The van der Waals surface area contributed by atoms with Crippen LogP contribution >= 0.6 is 0 Å². The number of rotatable bonds is 1. The second-order valence-corrected chi connectivity index (χ2v) is 7.17. The van der Waals surface area contributed by atoms with E-state index >= 15 is 0 Å². The number of hydrogen-bond donors (Lipinski definition) is 0. The molecule has 0 amide bonds. The molecule has 0 atom stereocenters. The van der Waals surface area contributed by atoms with Crippen molar-refractivity contribution in [2.45, 2.75) is 0 Å². The van der Waals surface area contributed by atoms with Gasteiger partial charge in [-0.2, -0.15) is 0 Å². The van der Waals surface area contributed by atoms with Crippen molar-refractivity contribution in [2.24, 2.45) is 4.19 Å². The summed E-state index contributed by atoms with van der Waals surface area (Å²) in [4.78, 5) is 14.9. The van der Waals surface area contributed by atoms with E-state index in [-0.39, 0.29) is 70.1 Å². The molecule has 0 saturated carbocycles. The van der Waals surface area contributed by atoms with E-state index in [4.69, 9.17) is 26.3 Å². The van der Waals surface area contributed by atoms with Crippen LogP contribution in [0, 0.1) is 56.1 Å². The molecular formula is C5H4FeN6Na2O3. The normalized spacial score (nSPS) is 10.5. The van der Waals surface area contributed by atoms with E-state index in [1.807, 2.05) is 4.19 Å². The van der Waals surface area contributed by atoms with Crippen LogP contribution in [0.4, 0.5) is 0 Å². The van der Waals surface area contributed by atoms with E-state index in [1.54, 1.807) is 0 Å². The van der Waals surface area contributed by atoms with E-state index in [1.165, 1.54) is 0 Å². The maximum Gasteiger partial charge on any atom is 1.00 e. The fourth-order valence-electron chi connectivity index (χ4n) is 0.249. The van der Waals surface area contributed by atoms with Gasteiger partial charge >= 0.3 is 130 Å². The molecule has 0 fully saturated rings. The SMILES string of the molecule is N#[C][Fe-2]([C]#N)([C]#N)([C]#N)([C]#N)[N]=O.O.O.[Na+].[Na+]. The van der Waals surface area contributed by atoms with E-state index in [0.717, 1.165) is 24.8 Å². The molecule has 4 N–H and O–H groups in total. The Hall–Kier alpha value is -0.511. The molecule has 0 aromatic heterocycles. The summed E-state index contributed by atoms with van der Waals surface area (Å²) in [5, 5.41) is 42.5. The zero-order valence-corrected chi connectivity index (χ0v) is 14.0. The quantitative estimate of drug-likeness (QED) is 0.338. The van der Waals surface area contributed by atoms with Gasteiger partial charge in [0.25, 0.3) is 0 Å². The molecule has 0 radical (unpaired) electrons. The van der Waals surface area contributed by atoms with Gasteiger partial charge in [0.05, 0.1) is 0 Å². The van der Waals surface area contributed by atoms with Gasteiger partial charge in [0, 0.05) is 0 Å². The first-order chi connectivity index (χ1) is 5.97. The summed E-state index contributed by atoms with van der Waals surface area (Å²) >= 11 is 0. The third kappa shape index (κ3) is 3.24. The molecule has 0 aliphatic carbocycles. The first-order valence-electron chi connectivity index (χ1n) is 2.34. The van der Waals surface area contributed by atoms with E-state index < -0.39 is 11.0 Å². The Morgan fingerprint density at radius 2 is 0.882 bits per heavy atom. The summed E-state index contributed by atoms with van der Waals surface area (Å²) in [6, 6.07) is 0. The first kappa shape index (κ1) is 30.0. The Kier molecular flexibility index (Phi) is 13.7. The molecule has 0 rings (SSSR count). The summed E-state index contributed by atoms with van der Waals surface area (Å²) in [5.74, 6) is 0. The fourth-order valence-corrected chi connectivity index (χ4v) is 1.03. The van der Waals surface area contributed by atoms with Crippen molar-refractivity contribution in [3.8, 4) is 24.8 Å². The van der Waals surface area contributed by atoms with E-state index in [2.05, 4.69) is 0 Å². The van der Waals surface area contributed by atoms with Crippen LogP contribution in [0.3, 0.4) is 0 Å². The molecule has 0 heterocycles. The van der Waals surface area contributed by atoms with E-state index in [0.29, 0.717) is 0 Å². The Balaban J connectivity index is -0.000000120. The summed E-state index contributed by atoms with van der Waals surface area (Å²) < 4.78 is 1.97. The van der Waals surface area contributed by atoms with Gasteiger partial charge in [-0.1, -0.05) is 0 Å². The summed E-state index contributed by atoms with van der Waals surface area (Å²) in [6.07, 6.45) is 0. The number of nitroso groups, excluding NO2 is 1. The van der Waals surface area contributed by atoms with Crippen molar-refractivity contribution in [1.82, 2.24) is 0 Å². The zero-order chi connectivity index (χ0) is 10.7. The molecule has 0 bridgehead atoms. The molecule has 82 valence electrons. The Morgan fingerprint density at radius 1 is 0.706 bits per heavy atom. The molecule has 0 saturated heterocycles. The average Bonchev–Trinajstić information content (AvgIpc) is 2.26. The van der Waals surface area contributed by atoms with Gasteiger partial charge in [-0.25, -0.2) is 0 Å². The van der Waals surface area contributed by atoms with Crippen LogP contribution < -0.4 is 59.1 Å². The second kappa shape index (κ2) is 7.75. The van der Waals surface area contributed by atoms with Crippen molar-refractivity contribution in [1.29, 1.82) is 26.3 Å². The van der Waals surface area contributed by atoms with Gasteiger partial charge in [-0.15, -0.1) is 0 Å². The molecule has 0 aliphatic rings. The molecule has 9 nitrogen and oxygen atoms in total. The van der Waals surface area contributed by atoms with Crippen molar-refractivity contribution in [3.05, 3.63) is 4.91 Å². The van der Waals surface area contributed by atoms with Gasteiger partial charge in [0.15, 0.2) is 0 Å². The number of nitrogens with zero attached hydrogens (tertiary/aromatic N) is 6. The minimum atomic E-state index is -6.40. The van der Waals surface area contributed by atoms with Crippen molar-refractivity contribution in [3.63, 3.8) is 0 Å². The van der Waals surface area contributed by atoms with Crippen LogP contribution in [-0.4, -0.2) is 11.0 Å². The van der Waals surface area contributed by atoms with Crippen LogP contribution in [0.25, 0.3) is 0 Å². The van der Waals surface area contributed by atoms with Gasteiger partial charge in [0.2, 0.25) is 0 Å². The summed E-state index contributed by atoms with van der Waals surface area (Å²) in [6.45, 7) is 0. The molecule has 0 aromatic rings. The van der Waals surface area contributed by atoms with Gasteiger partial charge in [-0.05, 0) is 0 Å². The van der Waals surface area contributed by atoms with Crippen LogP contribution in [0.2, 0.25) is 0 Å². The maximum atomic E-state index is 10.3. The Morgan fingerprint density at radius 3 is 0.882 bits per heavy atom. The topological polar surface area (TPSA) is 211 Å². The molecule has 0 aliphatic heterocycles. The number of hydrogen-bond acceptors (Lipinski definition) is 7. The second-order valence-electron chi connectivity index (χ2n) is 1.74. The van der Waals surface area contributed by atoms with Gasteiger partial charge < -0.3 is 11.0 Å². The summed E-state index contributed by atoms with van der Waals surface area (Å²) in [7, 11) is -6.40. The molecular weight excluding hydrogens is 294 g/mol. The molecule has 17 heavy (non-hydrogen) atoms. The average molecular weight is 298 g/mol.